The molecule has 2 aromatic carbocycles. The van der Waals surface area contributed by atoms with Crippen LogP contribution in [0, 0.1) is 0 Å². The Balaban J connectivity index is 1.62. The number of benzene rings is 2. The molecule has 2 aromatic rings. The summed E-state index contributed by atoms with van der Waals surface area (Å²) in [5, 5.41) is 8.13. The number of hydrogen-bond donors (Lipinski definition) is 1. The highest BCUT2D eigenvalue weighted by Crippen LogP contribution is 2.40. The van der Waals surface area contributed by atoms with Gasteiger partial charge in [-0.05, 0) is 42.3 Å². The number of fused-ring (bicyclic) bond motifs is 1. The van der Waals surface area contributed by atoms with E-state index in [2.05, 4.69) is 17.0 Å². The van der Waals surface area contributed by atoms with Crippen LogP contribution in [0.2, 0.25) is 10.0 Å². The smallest absolute Gasteiger partial charge is 0.347 e. The maximum absolute atomic E-state index is 12.2. The third-order valence-corrected chi connectivity index (χ3v) is 5.17. The number of rotatable bonds is 3. The van der Waals surface area contributed by atoms with Crippen molar-refractivity contribution in [1.82, 2.24) is 10.2 Å². The van der Waals surface area contributed by atoms with E-state index in [9.17, 15) is 9.59 Å². The monoisotopic (exact) mass is 430 g/mol. The third-order valence-electron chi connectivity index (χ3n) is 4.61. The van der Waals surface area contributed by atoms with Gasteiger partial charge in [-0.15, -0.1) is 0 Å². The highest BCUT2D eigenvalue weighted by Gasteiger charge is 2.24. The van der Waals surface area contributed by atoms with Gasteiger partial charge in [-0.1, -0.05) is 29.8 Å². The average Bonchev–Trinajstić information content (AvgIpc) is 2.67. The molecule has 0 aliphatic carbocycles. The average molecular weight is 431 g/mol. The van der Waals surface area contributed by atoms with Gasteiger partial charge in [0, 0.05) is 19.2 Å². The van der Waals surface area contributed by atoms with Crippen LogP contribution in [-0.4, -0.2) is 36.6 Å². The topological polar surface area (TPSA) is 74.2 Å². The molecule has 2 aliphatic rings. The van der Waals surface area contributed by atoms with Crippen molar-refractivity contribution in [3.63, 3.8) is 0 Å². The van der Waals surface area contributed by atoms with E-state index in [1.54, 1.807) is 24.1 Å². The molecule has 0 spiro atoms. The van der Waals surface area contributed by atoms with Gasteiger partial charge in [0.1, 0.15) is 5.75 Å². The minimum atomic E-state index is -0.470. The largest absolute Gasteiger partial charge is 0.454 e. The van der Waals surface area contributed by atoms with E-state index in [-0.39, 0.29) is 21.7 Å². The number of likely N-dealkylation sites (N-methyl/N-ethyl adjacent to an activating group) is 1. The summed E-state index contributed by atoms with van der Waals surface area (Å²) < 4.78 is 5.89. The second-order valence-electron chi connectivity index (χ2n) is 6.65. The van der Waals surface area contributed by atoms with E-state index in [1.807, 2.05) is 6.07 Å². The van der Waals surface area contributed by atoms with E-state index in [0.717, 1.165) is 17.0 Å². The lowest BCUT2D eigenvalue weighted by atomic mass is 9.99. The highest BCUT2D eigenvalue weighted by atomic mass is 35.5. The molecule has 0 saturated heterocycles. The Morgan fingerprint density at radius 3 is 2.59 bits per heavy atom. The molecule has 1 N–H and O–H groups in total. The molecule has 9 heteroatoms. The SMILES string of the molecule is C=C1C=NN(c2cc(Cl)c(Oc3ccc4c(c3)CCN(C)C4=O)c(Cl)c2)C(=O)N1. The zero-order chi connectivity index (χ0) is 20.7. The summed E-state index contributed by atoms with van der Waals surface area (Å²) in [4.78, 5) is 26.0. The van der Waals surface area contributed by atoms with Gasteiger partial charge in [-0.2, -0.15) is 10.1 Å². The zero-order valence-electron chi connectivity index (χ0n) is 15.4. The fourth-order valence-corrected chi connectivity index (χ4v) is 3.67. The molecule has 7 nitrogen and oxygen atoms in total. The molecule has 0 saturated carbocycles. The first-order valence-electron chi connectivity index (χ1n) is 8.73. The van der Waals surface area contributed by atoms with Crippen LogP contribution in [0.4, 0.5) is 10.5 Å². The van der Waals surface area contributed by atoms with Gasteiger partial charge in [-0.3, -0.25) is 4.79 Å². The van der Waals surface area contributed by atoms with E-state index >= 15 is 0 Å². The van der Waals surface area contributed by atoms with Crippen molar-refractivity contribution in [3.8, 4) is 11.5 Å². The number of amides is 3. The second kappa shape index (κ2) is 7.42. The number of carbonyl (C=O) groups excluding carboxylic acids is 2. The van der Waals surface area contributed by atoms with Gasteiger partial charge in [0.25, 0.3) is 5.91 Å². The van der Waals surface area contributed by atoms with Crippen molar-refractivity contribution < 1.29 is 14.3 Å². The first-order valence-corrected chi connectivity index (χ1v) is 9.48. The molecule has 0 radical (unpaired) electrons. The van der Waals surface area contributed by atoms with Crippen molar-refractivity contribution in [1.29, 1.82) is 0 Å². The molecule has 0 atom stereocenters. The Bertz CT molecular complexity index is 1060. The van der Waals surface area contributed by atoms with Crippen molar-refractivity contribution >= 4 is 47.0 Å². The summed E-state index contributed by atoms with van der Waals surface area (Å²) >= 11 is 12.7. The molecule has 148 valence electrons. The minimum absolute atomic E-state index is 0.0127. The fourth-order valence-electron chi connectivity index (χ4n) is 3.11. The normalized spacial score (nSPS) is 16.0. The number of carbonyl (C=O) groups is 2. The van der Waals surface area contributed by atoms with Crippen molar-refractivity contribution in [3.05, 3.63) is 63.8 Å². The number of allylic oxidation sites excluding steroid dienone is 1. The van der Waals surface area contributed by atoms with Crippen LogP contribution in [0.25, 0.3) is 0 Å². The molecular formula is C20H16Cl2N4O3. The summed E-state index contributed by atoms with van der Waals surface area (Å²) in [7, 11) is 1.78. The quantitative estimate of drug-likeness (QED) is 0.781. The Kier molecular flexibility index (Phi) is 4.94. The molecule has 0 fully saturated rings. The zero-order valence-corrected chi connectivity index (χ0v) is 16.9. The molecule has 29 heavy (non-hydrogen) atoms. The maximum Gasteiger partial charge on any atom is 0.347 e. The van der Waals surface area contributed by atoms with Gasteiger partial charge >= 0.3 is 6.03 Å². The standard InChI is InChI=1S/C20H16Cl2N4O3/c1-11-10-23-26(20(28)24-11)13-8-16(21)18(17(22)9-13)29-14-3-4-15-12(7-14)5-6-25(2)19(15)27/h3-4,7-10H,1,5-6H2,2H3,(H,24,28). The molecular weight excluding hydrogens is 415 g/mol. The Morgan fingerprint density at radius 2 is 1.90 bits per heavy atom. The summed E-state index contributed by atoms with van der Waals surface area (Å²) in [5.74, 6) is 0.756. The summed E-state index contributed by atoms with van der Waals surface area (Å²) in [5.41, 5.74) is 2.34. The molecule has 3 amide bonds. The third kappa shape index (κ3) is 3.66. The first kappa shape index (κ1) is 19.3. The number of hydrogen-bond acceptors (Lipinski definition) is 4. The Labute approximate surface area is 177 Å². The Morgan fingerprint density at radius 1 is 1.17 bits per heavy atom. The van der Waals surface area contributed by atoms with Gasteiger partial charge in [0.2, 0.25) is 0 Å². The van der Waals surface area contributed by atoms with Crippen molar-refractivity contribution in [2.24, 2.45) is 5.10 Å². The van der Waals surface area contributed by atoms with Gasteiger partial charge in [0.15, 0.2) is 5.75 Å². The number of nitrogens with zero attached hydrogens (tertiary/aromatic N) is 3. The van der Waals surface area contributed by atoms with Crippen molar-refractivity contribution in [2.75, 3.05) is 18.6 Å². The molecule has 0 unspecified atom stereocenters. The van der Waals surface area contributed by atoms with Gasteiger partial charge in [0.05, 0.1) is 27.6 Å². The van der Waals surface area contributed by atoms with Crippen LogP contribution in [-0.2, 0) is 6.42 Å². The summed E-state index contributed by atoms with van der Waals surface area (Å²) in [6.45, 7) is 4.27. The summed E-state index contributed by atoms with van der Waals surface area (Å²) in [6.07, 6.45) is 2.15. The van der Waals surface area contributed by atoms with Crippen LogP contribution in [0.3, 0.4) is 0 Å². The predicted octanol–water partition coefficient (Wildman–Crippen LogP) is 4.44. The van der Waals surface area contributed by atoms with E-state index < -0.39 is 6.03 Å². The number of urea groups is 1. The number of halogens is 2. The lowest BCUT2D eigenvalue weighted by molar-refractivity contribution is 0.0781. The van der Waals surface area contributed by atoms with Crippen LogP contribution < -0.4 is 15.1 Å². The lowest BCUT2D eigenvalue weighted by Gasteiger charge is -2.25. The number of ether oxygens (including phenoxy) is 1. The van der Waals surface area contributed by atoms with Gasteiger partial charge in [-0.25, -0.2) is 4.79 Å². The second-order valence-corrected chi connectivity index (χ2v) is 7.46. The minimum Gasteiger partial charge on any atom is -0.454 e. The van der Waals surface area contributed by atoms with Crippen LogP contribution in [0.1, 0.15) is 15.9 Å². The van der Waals surface area contributed by atoms with Crippen LogP contribution in [0.5, 0.6) is 11.5 Å². The number of nitrogens with one attached hydrogen (secondary N) is 1. The molecule has 0 aromatic heterocycles. The van der Waals surface area contributed by atoms with Crippen LogP contribution >= 0.6 is 23.2 Å². The molecule has 4 rings (SSSR count). The summed E-state index contributed by atoms with van der Waals surface area (Å²) in [6, 6.07) is 7.84. The number of anilines is 1. The lowest BCUT2D eigenvalue weighted by Crippen LogP contribution is -2.40. The van der Waals surface area contributed by atoms with Crippen LogP contribution in [0.15, 0.2) is 47.7 Å². The van der Waals surface area contributed by atoms with E-state index in [4.69, 9.17) is 27.9 Å². The van der Waals surface area contributed by atoms with Crippen molar-refractivity contribution in [2.45, 2.75) is 6.42 Å². The predicted molar refractivity (Wildman–Crippen MR) is 112 cm³/mol. The molecule has 2 aliphatic heterocycles. The first-order chi connectivity index (χ1) is 13.8. The van der Waals surface area contributed by atoms with E-state index in [1.165, 1.54) is 18.3 Å². The number of hydrazone groups is 1. The van der Waals surface area contributed by atoms with Gasteiger partial charge < -0.3 is 15.0 Å². The highest BCUT2D eigenvalue weighted by molar-refractivity contribution is 6.37. The molecule has 0 bridgehead atoms. The van der Waals surface area contributed by atoms with E-state index in [0.29, 0.717) is 29.2 Å². The molecule has 2 heterocycles. The maximum atomic E-state index is 12.2. The Hall–Kier alpha value is -3.03. The fraction of sp³-hybridized carbons (Fsp3) is 0.150.